The van der Waals surface area contributed by atoms with E-state index in [4.69, 9.17) is 9.40 Å². The number of hydrogen-bond acceptors (Lipinski definition) is 3. The van der Waals surface area contributed by atoms with Crippen LogP contribution < -0.4 is 5.32 Å². The molecule has 148 valence electrons. The van der Waals surface area contributed by atoms with E-state index in [-0.39, 0.29) is 0 Å². The molecule has 0 atom stereocenters. The summed E-state index contributed by atoms with van der Waals surface area (Å²) in [5, 5.41) is 4.76. The first-order valence-electron chi connectivity index (χ1n) is 10.2. The van der Waals surface area contributed by atoms with Crippen molar-refractivity contribution in [3.8, 4) is 22.6 Å². The van der Waals surface area contributed by atoms with Crippen molar-refractivity contribution in [1.29, 1.82) is 0 Å². The van der Waals surface area contributed by atoms with Gasteiger partial charge in [0.15, 0.2) is 5.76 Å². The van der Waals surface area contributed by atoms with Crippen molar-refractivity contribution in [1.82, 2.24) is 15.3 Å². The number of para-hydroxylation sites is 1. The minimum atomic E-state index is 0.592. The first-order valence-corrected chi connectivity index (χ1v) is 10.2. The molecule has 0 aliphatic rings. The van der Waals surface area contributed by atoms with Gasteiger partial charge in [0.1, 0.15) is 5.69 Å². The molecular weight excluding hydrogens is 370 g/mol. The van der Waals surface area contributed by atoms with Crippen molar-refractivity contribution in [2.75, 3.05) is 6.54 Å². The molecule has 2 heterocycles. The van der Waals surface area contributed by atoms with E-state index in [1.54, 1.807) is 0 Å². The number of oxazole rings is 1. The quantitative estimate of drug-likeness (QED) is 0.343. The number of nitrogens with zero attached hydrogens (tertiary/aromatic N) is 1. The lowest BCUT2D eigenvalue weighted by Gasteiger charge is -2.02. The van der Waals surface area contributed by atoms with Gasteiger partial charge < -0.3 is 14.7 Å². The third-order valence-electron chi connectivity index (χ3n) is 5.28. The van der Waals surface area contributed by atoms with E-state index in [2.05, 4.69) is 65.0 Å². The zero-order chi connectivity index (χ0) is 20.2. The predicted molar refractivity (Wildman–Crippen MR) is 121 cm³/mol. The van der Waals surface area contributed by atoms with Crippen molar-refractivity contribution in [2.45, 2.75) is 13.0 Å². The average Bonchev–Trinajstić information content (AvgIpc) is 3.43. The van der Waals surface area contributed by atoms with Crippen LogP contribution in [0.2, 0.25) is 0 Å². The van der Waals surface area contributed by atoms with Gasteiger partial charge in [0, 0.05) is 28.2 Å². The summed E-state index contributed by atoms with van der Waals surface area (Å²) in [7, 11) is 0. The van der Waals surface area contributed by atoms with Crippen molar-refractivity contribution in [3.05, 3.63) is 103 Å². The van der Waals surface area contributed by atoms with Gasteiger partial charge in [0.2, 0.25) is 5.89 Å². The Hall–Kier alpha value is -3.63. The van der Waals surface area contributed by atoms with Crippen molar-refractivity contribution < 1.29 is 4.42 Å². The number of fused-ring (bicyclic) bond motifs is 1. The van der Waals surface area contributed by atoms with Crippen LogP contribution in [0.25, 0.3) is 33.5 Å². The molecule has 4 heteroatoms. The van der Waals surface area contributed by atoms with Gasteiger partial charge in [-0.1, -0.05) is 78.9 Å². The van der Waals surface area contributed by atoms with Crippen LogP contribution in [-0.4, -0.2) is 16.5 Å². The van der Waals surface area contributed by atoms with E-state index < -0.39 is 0 Å². The van der Waals surface area contributed by atoms with E-state index >= 15 is 0 Å². The molecular formula is C26H23N3O. The summed E-state index contributed by atoms with van der Waals surface area (Å²) in [5.41, 5.74) is 5.48. The number of hydrogen-bond donors (Lipinski definition) is 2. The van der Waals surface area contributed by atoms with Crippen LogP contribution in [0.15, 0.2) is 95.5 Å². The molecule has 3 aromatic carbocycles. The lowest BCUT2D eigenvalue weighted by atomic mass is 10.1. The standard InChI is InChI=1S/C26H23N3O/c1-3-9-19(10-4-1)25-26(20-11-5-2-6-12-20)30-24(29-25)18-27-16-15-21-17-28-23-14-8-7-13-22(21)23/h1-14,17,27-28H,15-16,18H2. The number of aromatic nitrogens is 2. The maximum atomic E-state index is 6.18. The molecule has 2 N–H and O–H groups in total. The highest BCUT2D eigenvalue weighted by Crippen LogP contribution is 2.32. The fraction of sp³-hybridized carbons (Fsp3) is 0.115. The molecule has 30 heavy (non-hydrogen) atoms. The molecule has 0 bridgehead atoms. The van der Waals surface area contributed by atoms with Gasteiger partial charge in [0.05, 0.1) is 6.54 Å². The van der Waals surface area contributed by atoms with Crippen LogP contribution >= 0.6 is 0 Å². The molecule has 0 unspecified atom stereocenters. The van der Waals surface area contributed by atoms with Crippen LogP contribution in [0.5, 0.6) is 0 Å². The number of benzene rings is 3. The van der Waals surface area contributed by atoms with Crippen LogP contribution in [0, 0.1) is 0 Å². The monoisotopic (exact) mass is 393 g/mol. The molecule has 0 saturated heterocycles. The topological polar surface area (TPSA) is 53.9 Å². The van der Waals surface area contributed by atoms with Crippen LogP contribution in [0.1, 0.15) is 11.5 Å². The highest BCUT2D eigenvalue weighted by atomic mass is 16.4. The molecule has 0 saturated carbocycles. The number of aromatic amines is 1. The normalized spacial score (nSPS) is 11.2. The summed E-state index contributed by atoms with van der Waals surface area (Å²) in [6.07, 6.45) is 3.04. The molecule has 0 aliphatic heterocycles. The summed E-state index contributed by atoms with van der Waals surface area (Å²) in [4.78, 5) is 8.14. The lowest BCUT2D eigenvalue weighted by molar-refractivity contribution is 0.479. The molecule has 0 amide bonds. The fourth-order valence-electron chi connectivity index (χ4n) is 3.77. The van der Waals surface area contributed by atoms with Crippen molar-refractivity contribution in [3.63, 3.8) is 0 Å². The summed E-state index contributed by atoms with van der Waals surface area (Å²) in [5.74, 6) is 1.52. The van der Waals surface area contributed by atoms with Gasteiger partial charge >= 0.3 is 0 Å². The zero-order valence-corrected chi connectivity index (χ0v) is 16.6. The van der Waals surface area contributed by atoms with E-state index in [1.165, 1.54) is 16.5 Å². The molecule has 0 spiro atoms. The Labute approximate surface area is 175 Å². The smallest absolute Gasteiger partial charge is 0.209 e. The summed E-state index contributed by atoms with van der Waals surface area (Å²) < 4.78 is 6.18. The van der Waals surface area contributed by atoms with Crippen molar-refractivity contribution >= 4 is 10.9 Å². The summed E-state index contributed by atoms with van der Waals surface area (Å²) >= 11 is 0. The van der Waals surface area contributed by atoms with Gasteiger partial charge in [-0.05, 0) is 24.6 Å². The van der Waals surface area contributed by atoms with Crippen LogP contribution in [0.3, 0.4) is 0 Å². The molecule has 0 radical (unpaired) electrons. The highest BCUT2D eigenvalue weighted by Gasteiger charge is 2.16. The first kappa shape index (κ1) is 18.4. The Balaban J connectivity index is 1.32. The maximum Gasteiger partial charge on any atom is 0.209 e. The summed E-state index contributed by atoms with van der Waals surface area (Å²) in [6, 6.07) is 28.8. The Bertz CT molecular complexity index is 1180. The van der Waals surface area contributed by atoms with Gasteiger partial charge in [-0.15, -0.1) is 0 Å². The largest absolute Gasteiger partial charge is 0.439 e. The SMILES string of the molecule is c1ccc(-c2nc(CNCCc3c[nH]c4ccccc34)oc2-c2ccccc2)cc1. The van der Waals surface area contributed by atoms with Gasteiger partial charge in [-0.3, -0.25) is 0 Å². The molecule has 5 aromatic rings. The second-order valence-electron chi connectivity index (χ2n) is 7.30. The Morgan fingerprint density at radius 3 is 2.30 bits per heavy atom. The third-order valence-corrected chi connectivity index (χ3v) is 5.28. The zero-order valence-electron chi connectivity index (χ0n) is 16.6. The second kappa shape index (κ2) is 8.39. The Morgan fingerprint density at radius 1 is 0.800 bits per heavy atom. The molecule has 2 aromatic heterocycles. The van der Waals surface area contributed by atoms with E-state index in [9.17, 15) is 0 Å². The van der Waals surface area contributed by atoms with Gasteiger partial charge in [-0.25, -0.2) is 4.98 Å². The van der Waals surface area contributed by atoms with E-state index in [0.717, 1.165) is 35.5 Å². The third kappa shape index (κ3) is 3.78. The average molecular weight is 393 g/mol. The fourth-order valence-corrected chi connectivity index (χ4v) is 3.77. The van der Waals surface area contributed by atoms with Gasteiger partial charge in [-0.2, -0.15) is 0 Å². The maximum absolute atomic E-state index is 6.18. The molecule has 5 rings (SSSR count). The predicted octanol–water partition coefficient (Wildman–Crippen LogP) is 5.82. The van der Waals surface area contributed by atoms with Gasteiger partial charge in [0.25, 0.3) is 0 Å². The number of H-pyrrole nitrogens is 1. The lowest BCUT2D eigenvalue weighted by Crippen LogP contribution is -2.16. The second-order valence-corrected chi connectivity index (χ2v) is 7.30. The highest BCUT2D eigenvalue weighted by molar-refractivity contribution is 5.83. The minimum Gasteiger partial charge on any atom is -0.439 e. The Kier molecular flexibility index (Phi) is 5.15. The Morgan fingerprint density at radius 2 is 1.50 bits per heavy atom. The van der Waals surface area contributed by atoms with Crippen LogP contribution in [0.4, 0.5) is 0 Å². The van der Waals surface area contributed by atoms with E-state index in [1.807, 2.05) is 36.4 Å². The van der Waals surface area contributed by atoms with E-state index in [0.29, 0.717) is 12.4 Å². The molecule has 0 aliphatic carbocycles. The molecule has 4 nitrogen and oxygen atoms in total. The minimum absolute atomic E-state index is 0.592. The molecule has 0 fully saturated rings. The summed E-state index contributed by atoms with van der Waals surface area (Å²) in [6.45, 7) is 1.45. The van der Waals surface area contributed by atoms with Crippen LogP contribution in [-0.2, 0) is 13.0 Å². The first-order chi connectivity index (χ1) is 14.9. The number of rotatable bonds is 7. The number of nitrogens with one attached hydrogen (secondary N) is 2. The van der Waals surface area contributed by atoms with Crippen molar-refractivity contribution in [2.24, 2.45) is 0 Å².